The zero-order valence-corrected chi connectivity index (χ0v) is 18.5. The molecule has 6 heteroatoms. The number of guanidine groups is 1. The van der Waals surface area contributed by atoms with Gasteiger partial charge in [0, 0.05) is 19.7 Å². The van der Waals surface area contributed by atoms with Gasteiger partial charge in [-0.1, -0.05) is 36.8 Å². The quantitative estimate of drug-likeness (QED) is 0.277. The normalized spacial score (nSPS) is 16.5. The van der Waals surface area contributed by atoms with Crippen LogP contribution >= 0.6 is 24.0 Å². The van der Waals surface area contributed by atoms with Crippen molar-refractivity contribution in [1.82, 2.24) is 10.6 Å². The summed E-state index contributed by atoms with van der Waals surface area (Å²) < 4.78 is 5.52. The molecule has 1 aliphatic rings. The lowest BCUT2D eigenvalue weighted by Crippen LogP contribution is -2.39. The molecular formula is C20H34IN3O2. The SMILES string of the molecule is CCNC(=NCC(O)COCC1CC1)NCC(C)c1cccc(C)c1.I. The number of nitrogens with one attached hydrogen (secondary N) is 2. The number of nitrogens with zero attached hydrogens (tertiary/aromatic N) is 1. The monoisotopic (exact) mass is 475 g/mol. The number of ether oxygens (including phenoxy) is 1. The average Bonchev–Trinajstić information content (AvgIpc) is 3.41. The van der Waals surface area contributed by atoms with Crippen LogP contribution in [0.1, 0.15) is 43.7 Å². The molecule has 5 nitrogen and oxygen atoms in total. The molecule has 1 aromatic carbocycles. The Hall–Kier alpha value is -0.860. The molecule has 0 spiro atoms. The first-order valence-electron chi connectivity index (χ1n) is 9.43. The van der Waals surface area contributed by atoms with Gasteiger partial charge in [-0.25, -0.2) is 0 Å². The molecular weight excluding hydrogens is 441 g/mol. The molecule has 0 saturated heterocycles. The van der Waals surface area contributed by atoms with Gasteiger partial charge in [-0.05, 0) is 44.1 Å². The van der Waals surface area contributed by atoms with Crippen LogP contribution in [0, 0.1) is 12.8 Å². The molecule has 2 unspecified atom stereocenters. The number of aliphatic imine (C=N–C) groups is 1. The van der Waals surface area contributed by atoms with Crippen molar-refractivity contribution in [3.8, 4) is 0 Å². The topological polar surface area (TPSA) is 65.9 Å². The number of aryl methyl sites for hydroxylation is 1. The summed E-state index contributed by atoms with van der Waals surface area (Å²) in [4.78, 5) is 4.47. The Morgan fingerprint density at radius 3 is 2.77 bits per heavy atom. The molecule has 0 amide bonds. The lowest BCUT2D eigenvalue weighted by atomic mass is 9.99. The Kier molecular flexibility index (Phi) is 11.2. The fraction of sp³-hybridized carbons (Fsp3) is 0.650. The highest BCUT2D eigenvalue weighted by Gasteiger charge is 2.21. The van der Waals surface area contributed by atoms with Crippen molar-refractivity contribution in [2.24, 2.45) is 10.9 Å². The predicted molar refractivity (Wildman–Crippen MR) is 119 cm³/mol. The molecule has 26 heavy (non-hydrogen) atoms. The standard InChI is InChI=1S/C20H33N3O2.HI/c1-4-21-20(23-12-19(24)14-25-13-17-8-9-17)22-11-16(3)18-7-5-6-15(2)10-18;/h5-7,10,16-17,19,24H,4,8-9,11-14H2,1-3H3,(H2,21,22,23);1H. The van der Waals surface area contributed by atoms with Gasteiger partial charge in [-0.3, -0.25) is 4.99 Å². The molecule has 0 radical (unpaired) electrons. The summed E-state index contributed by atoms with van der Waals surface area (Å²) in [6.45, 7) is 9.41. The third-order valence-electron chi connectivity index (χ3n) is 4.35. The van der Waals surface area contributed by atoms with Crippen molar-refractivity contribution in [3.05, 3.63) is 35.4 Å². The van der Waals surface area contributed by atoms with E-state index in [2.05, 4.69) is 53.7 Å². The van der Waals surface area contributed by atoms with Gasteiger partial charge in [0.15, 0.2) is 5.96 Å². The maximum Gasteiger partial charge on any atom is 0.191 e. The van der Waals surface area contributed by atoms with Gasteiger partial charge in [-0.15, -0.1) is 24.0 Å². The minimum absolute atomic E-state index is 0. The van der Waals surface area contributed by atoms with E-state index in [-0.39, 0.29) is 24.0 Å². The predicted octanol–water partition coefficient (Wildman–Crippen LogP) is 3.06. The van der Waals surface area contributed by atoms with Crippen LogP contribution in [-0.4, -0.2) is 50.0 Å². The van der Waals surface area contributed by atoms with Gasteiger partial charge >= 0.3 is 0 Å². The van der Waals surface area contributed by atoms with Crippen LogP contribution in [-0.2, 0) is 4.74 Å². The van der Waals surface area contributed by atoms with Crippen LogP contribution < -0.4 is 10.6 Å². The summed E-state index contributed by atoms with van der Waals surface area (Å²) in [5.74, 6) is 1.84. The van der Waals surface area contributed by atoms with Crippen molar-refractivity contribution >= 4 is 29.9 Å². The number of benzene rings is 1. The Labute approximate surface area is 175 Å². The van der Waals surface area contributed by atoms with E-state index in [4.69, 9.17) is 4.74 Å². The molecule has 2 atom stereocenters. The zero-order valence-electron chi connectivity index (χ0n) is 16.2. The fourth-order valence-corrected chi connectivity index (χ4v) is 2.59. The minimum atomic E-state index is -0.552. The van der Waals surface area contributed by atoms with Gasteiger partial charge < -0.3 is 20.5 Å². The first-order chi connectivity index (χ1) is 12.1. The molecule has 148 valence electrons. The first kappa shape index (κ1) is 23.2. The number of aliphatic hydroxyl groups is 1. The van der Waals surface area contributed by atoms with Crippen LogP contribution in [0.3, 0.4) is 0 Å². The highest BCUT2D eigenvalue weighted by molar-refractivity contribution is 14.0. The van der Waals surface area contributed by atoms with E-state index in [1.165, 1.54) is 24.0 Å². The molecule has 1 fully saturated rings. The summed E-state index contributed by atoms with van der Waals surface area (Å²) in [6, 6.07) is 8.59. The van der Waals surface area contributed by atoms with Crippen molar-refractivity contribution in [2.45, 2.75) is 45.6 Å². The van der Waals surface area contributed by atoms with Crippen LogP contribution in [0.4, 0.5) is 0 Å². The van der Waals surface area contributed by atoms with E-state index in [0.717, 1.165) is 31.6 Å². The molecule has 0 aromatic heterocycles. The summed E-state index contributed by atoms with van der Waals surface area (Å²) in [5.41, 5.74) is 2.59. The minimum Gasteiger partial charge on any atom is -0.389 e. The zero-order chi connectivity index (χ0) is 18.1. The van der Waals surface area contributed by atoms with Crippen LogP contribution in [0.15, 0.2) is 29.3 Å². The molecule has 1 saturated carbocycles. The Morgan fingerprint density at radius 1 is 1.35 bits per heavy atom. The summed E-state index contributed by atoms with van der Waals surface area (Å²) in [6.07, 6.45) is 1.98. The van der Waals surface area contributed by atoms with E-state index in [1.54, 1.807) is 0 Å². The van der Waals surface area contributed by atoms with Gasteiger partial charge in [0.1, 0.15) is 0 Å². The third kappa shape index (κ3) is 9.19. The molecule has 1 aromatic rings. The van der Waals surface area contributed by atoms with Gasteiger partial charge in [0.25, 0.3) is 0 Å². The second-order valence-electron chi connectivity index (χ2n) is 7.05. The van der Waals surface area contributed by atoms with Gasteiger partial charge in [0.05, 0.1) is 19.3 Å². The first-order valence-corrected chi connectivity index (χ1v) is 9.43. The lowest BCUT2D eigenvalue weighted by Gasteiger charge is -2.17. The summed E-state index contributed by atoms with van der Waals surface area (Å²) in [7, 11) is 0. The smallest absolute Gasteiger partial charge is 0.191 e. The lowest BCUT2D eigenvalue weighted by molar-refractivity contribution is 0.0368. The van der Waals surface area contributed by atoms with Crippen molar-refractivity contribution in [1.29, 1.82) is 0 Å². The average molecular weight is 475 g/mol. The highest BCUT2D eigenvalue weighted by Crippen LogP contribution is 2.28. The van der Waals surface area contributed by atoms with Gasteiger partial charge in [0.2, 0.25) is 0 Å². The Bertz CT molecular complexity index is 550. The van der Waals surface area contributed by atoms with E-state index in [0.29, 0.717) is 19.1 Å². The second kappa shape index (κ2) is 12.5. The molecule has 3 N–H and O–H groups in total. The fourth-order valence-electron chi connectivity index (χ4n) is 2.59. The third-order valence-corrected chi connectivity index (χ3v) is 4.35. The Balaban J connectivity index is 0.00000338. The van der Waals surface area contributed by atoms with E-state index in [9.17, 15) is 5.11 Å². The number of rotatable bonds is 10. The van der Waals surface area contributed by atoms with E-state index < -0.39 is 6.10 Å². The van der Waals surface area contributed by atoms with Crippen molar-refractivity contribution < 1.29 is 9.84 Å². The summed E-state index contributed by atoms with van der Waals surface area (Å²) in [5, 5.41) is 16.6. The molecule has 0 aliphatic heterocycles. The largest absolute Gasteiger partial charge is 0.389 e. The maximum absolute atomic E-state index is 10.00. The molecule has 1 aliphatic carbocycles. The Morgan fingerprint density at radius 2 is 2.12 bits per heavy atom. The highest BCUT2D eigenvalue weighted by atomic mass is 127. The van der Waals surface area contributed by atoms with Crippen molar-refractivity contribution in [3.63, 3.8) is 0 Å². The number of hydrogen-bond donors (Lipinski definition) is 3. The number of aliphatic hydroxyl groups excluding tert-OH is 1. The van der Waals surface area contributed by atoms with E-state index in [1.807, 2.05) is 6.92 Å². The maximum atomic E-state index is 10.00. The van der Waals surface area contributed by atoms with Gasteiger partial charge in [-0.2, -0.15) is 0 Å². The van der Waals surface area contributed by atoms with E-state index >= 15 is 0 Å². The van der Waals surface area contributed by atoms with Crippen LogP contribution in [0.2, 0.25) is 0 Å². The van der Waals surface area contributed by atoms with Crippen LogP contribution in [0.25, 0.3) is 0 Å². The molecule has 0 heterocycles. The van der Waals surface area contributed by atoms with Crippen molar-refractivity contribution in [2.75, 3.05) is 32.8 Å². The number of hydrogen-bond acceptors (Lipinski definition) is 3. The second-order valence-corrected chi connectivity index (χ2v) is 7.05. The molecule has 2 rings (SSSR count). The summed E-state index contributed by atoms with van der Waals surface area (Å²) >= 11 is 0. The molecule has 0 bridgehead atoms. The van der Waals surface area contributed by atoms with Crippen LogP contribution in [0.5, 0.6) is 0 Å². The number of halogens is 1.